The number of hydrogen-bond acceptors (Lipinski definition) is 5. The predicted molar refractivity (Wildman–Crippen MR) is 138 cm³/mol. The third-order valence-electron chi connectivity index (χ3n) is 6.06. The highest BCUT2D eigenvalue weighted by atomic mass is 19.4. The van der Waals surface area contributed by atoms with E-state index in [1.54, 1.807) is 23.1 Å². The number of nitrogens with one attached hydrogen (secondary N) is 1. The van der Waals surface area contributed by atoms with Gasteiger partial charge < -0.3 is 20.4 Å². The van der Waals surface area contributed by atoms with Crippen molar-refractivity contribution in [1.29, 1.82) is 0 Å². The van der Waals surface area contributed by atoms with Gasteiger partial charge in [-0.05, 0) is 61.6 Å². The normalized spacial score (nSPS) is 11.5. The molecule has 0 saturated carbocycles. The zero-order chi connectivity index (χ0) is 27.7. The highest BCUT2D eigenvalue weighted by Crippen LogP contribution is 2.30. The fraction of sp³-hybridized carbons (Fsp3) is 0.393. The molecule has 10 heteroatoms. The van der Waals surface area contributed by atoms with Crippen LogP contribution in [0.15, 0.2) is 53.3 Å². The Morgan fingerprint density at radius 3 is 2.39 bits per heavy atom. The second-order valence-corrected chi connectivity index (χ2v) is 9.02. The van der Waals surface area contributed by atoms with Gasteiger partial charge >= 0.3 is 6.18 Å². The average molecular weight is 531 g/mol. The van der Waals surface area contributed by atoms with Gasteiger partial charge in [0.1, 0.15) is 6.26 Å². The van der Waals surface area contributed by atoms with Gasteiger partial charge in [0, 0.05) is 36.3 Å². The van der Waals surface area contributed by atoms with Crippen molar-refractivity contribution in [2.45, 2.75) is 52.3 Å². The lowest BCUT2D eigenvalue weighted by Gasteiger charge is -2.24. The third kappa shape index (κ3) is 7.44. The standard InChI is InChI=1S/C28H33F3N4O3/c1-3-12-35(13-4-2)27(37)24-17-20(26-34-11-14-38-26)16-23(25(32)36)22(24)9-6-10-33-18-19-7-5-8-21(15-19)28(29,30)31/h5,7-8,11,14-17,33H,3-4,6,9-10,12-13,18H2,1-2H3,(H2,32,36). The highest BCUT2D eigenvalue weighted by Gasteiger charge is 2.30. The minimum atomic E-state index is -4.40. The summed E-state index contributed by atoms with van der Waals surface area (Å²) < 4.78 is 44.3. The monoisotopic (exact) mass is 530 g/mol. The Hall–Kier alpha value is -3.66. The van der Waals surface area contributed by atoms with Gasteiger partial charge in [0.2, 0.25) is 11.8 Å². The molecule has 0 aliphatic rings. The van der Waals surface area contributed by atoms with E-state index >= 15 is 0 Å². The number of rotatable bonds is 13. The Kier molecular flexibility index (Phi) is 10.1. The molecule has 204 valence electrons. The van der Waals surface area contributed by atoms with Gasteiger partial charge in [0.05, 0.1) is 11.8 Å². The average Bonchev–Trinajstić information content (AvgIpc) is 3.42. The summed E-state index contributed by atoms with van der Waals surface area (Å²) in [5.41, 5.74) is 7.15. The number of carbonyl (C=O) groups is 2. The number of aromatic nitrogens is 1. The van der Waals surface area contributed by atoms with Crippen molar-refractivity contribution in [2.24, 2.45) is 5.73 Å². The maximum Gasteiger partial charge on any atom is 0.416 e. The molecule has 0 fully saturated rings. The first-order valence-corrected chi connectivity index (χ1v) is 12.7. The van der Waals surface area contributed by atoms with E-state index in [4.69, 9.17) is 10.2 Å². The number of amides is 2. The lowest BCUT2D eigenvalue weighted by atomic mass is 9.92. The smallest absolute Gasteiger partial charge is 0.416 e. The van der Waals surface area contributed by atoms with Crippen molar-refractivity contribution in [3.05, 3.63) is 76.7 Å². The number of benzene rings is 2. The van der Waals surface area contributed by atoms with Crippen molar-refractivity contribution in [1.82, 2.24) is 15.2 Å². The van der Waals surface area contributed by atoms with Crippen LogP contribution >= 0.6 is 0 Å². The van der Waals surface area contributed by atoms with Gasteiger partial charge in [0.15, 0.2) is 0 Å². The molecule has 0 aliphatic heterocycles. The van der Waals surface area contributed by atoms with E-state index in [1.165, 1.54) is 18.5 Å². The summed E-state index contributed by atoms with van der Waals surface area (Å²) >= 11 is 0. The molecule has 0 spiro atoms. The van der Waals surface area contributed by atoms with Crippen molar-refractivity contribution in [2.75, 3.05) is 19.6 Å². The summed E-state index contributed by atoms with van der Waals surface area (Å²) in [5.74, 6) is -0.596. The van der Waals surface area contributed by atoms with Crippen LogP contribution in [0.2, 0.25) is 0 Å². The Morgan fingerprint density at radius 2 is 1.79 bits per heavy atom. The largest absolute Gasteiger partial charge is 0.445 e. The lowest BCUT2D eigenvalue weighted by molar-refractivity contribution is -0.137. The molecule has 3 rings (SSSR count). The van der Waals surface area contributed by atoms with Crippen LogP contribution in [0.1, 0.15) is 70.5 Å². The summed E-state index contributed by atoms with van der Waals surface area (Å²) in [6.07, 6.45) is 0.943. The molecular formula is C28H33F3N4O3. The van der Waals surface area contributed by atoms with Crippen LogP contribution in [-0.2, 0) is 19.1 Å². The highest BCUT2D eigenvalue weighted by molar-refractivity contribution is 6.03. The van der Waals surface area contributed by atoms with Crippen LogP contribution < -0.4 is 11.1 Å². The molecule has 1 heterocycles. The van der Waals surface area contributed by atoms with E-state index in [1.807, 2.05) is 13.8 Å². The van der Waals surface area contributed by atoms with Gasteiger partial charge in [-0.1, -0.05) is 32.0 Å². The van der Waals surface area contributed by atoms with Crippen molar-refractivity contribution < 1.29 is 27.2 Å². The lowest BCUT2D eigenvalue weighted by Crippen LogP contribution is -2.34. The molecule has 3 N–H and O–H groups in total. The summed E-state index contributed by atoms with van der Waals surface area (Å²) in [6.45, 7) is 5.83. The number of primary amides is 1. The van der Waals surface area contributed by atoms with E-state index in [9.17, 15) is 22.8 Å². The minimum absolute atomic E-state index is 0.198. The fourth-order valence-electron chi connectivity index (χ4n) is 4.35. The molecular weight excluding hydrogens is 497 g/mol. The van der Waals surface area contributed by atoms with Crippen LogP contribution in [0.5, 0.6) is 0 Å². The molecule has 2 amide bonds. The topological polar surface area (TPSA) is 101 Å². The first-order valence-electron chi connectivity index (χ1n) is 12.7. The molecule has 0 saturated heterocycles. The van der Waals surface area contributed by atoms with Crippen LogP contribution in [0, 0.1) is 0 Å². The molecule has 0 unspecified atom stereocenters. The number of carbonyl (C=O) groups excluding carboxylic acids is 2. The zero-order valence-corrected chi connectivity index (χ0v) is 21.6. The summed E-state index contributed by atoms with van der Waals surface area (Å²) in [4.78, 5) is 32.0. The molecule has 7 nitrogen and oxygen atoms in total. The molecule has 0 aliphatic carbocycles. The number of alkyl halides is 3. The van der Waals surface area contributed by atoms with Crippen LogP contribution in [0.4, 0.5) is 13.2 Å². The van der Waals surface area contributed by atoms with E-state index in [0.717, 1.165) is 25.0 Å². The molecule has 0 radical (unpaired) electrons. The Bertz CT molecular complexity index is 1220. The van der Waals surface area contributed by atoms with Gasteiger partial charge in [0.25, 0.3) is 5.91 Å². The van der Waals surface area contributed by atoms with Crippen molar-refractivity contribution in [3.63, 3.8) is 0 Å². The molecule has 3 aromatic rings. The van der Waals surface area contributed by atoms with E-state index in [2.05, 4.69) is 10.3 Å². The van der Waals surface area contributed by atoms with Crippen LogP contribution in [0.3, 0.4) is 0 Å². The maximum absolute atomic E-state index is 13.6. The second kappa shape index (κ2) is 13.2. The van der Waals surface area contributed by atoms with Crippen LogP contribution in [0.25, 0.3) is 11.5 Å². The van der Waals surface area contributed by atoms with Crippen LogP contribution in [-0.4, -0.2) is 41.3 Å². The maximum atomic E-state index is 13.6. The van der Waals surface area contributed by atoms with Crippen molar-refractivity contribution in [3.8, 4) is 11.5 Å². The van der Waals surface area contributed by atoms with Gasteiger partial charge in [-0.15, -0.1) is 0 Å². The summed E-state index contributed by atoms with van der Waals surface area (Å²) in [6, 6.07) is 8.43. The quantitative estimate of drug-likeness (QED) is 0.287. The SMILES string of the molecule is CCCN(CCC)C(=O)c1cc(-c2ncco2)cc(C(N)=O)c1CCCNCc1cccc(C(F)(F)F)c1. The number of nitrogens with two attached hydrogens (primary N) is 1. The van der Waals surface area contributed by atoms with E-state index in [-0.39, 0.29) is 23.9 Å². The molecule has 38 heavy (non-hydrogen) atoms. The number of hydrogen-bond donors (Lipinski definition) is 2. The van der Waals surface area contributed by atoms with Gasteiger partial charge in [-0.2, -0.15) is 13.2 Å². The molecule has 0 atom stereocenters. The number of halogens is 3. The molecule has 2 aromatic carbocycles. The Morgan fingerprint density at radius 1 is 1.08 bits per heavy atom. The van der Waals surface area contributed by atoms with Gasteiger partial charge in [-0.25, -0.2) is 4.98 Å². The second-order valence-electron chi connectivity index (χ2n) is 9.02. The zero-order valence-electron chi connectivity index (χ0n) is 21.6. The first-order chi connectivity index (χ1) is 18.2. The molecule has 0 bridgehead atoms. The first kappa shape index (κ1) is 28.9. The third-order valence-corrected chi connectivity index (χ3v) is 6.06. The molecule has 1 aromatic heterocycles. The Balaban J connectivity index is 1.83. The van der Waals surface area contributed by atoms with E-state index < -0.39 is 17.6 Å². The van der Waals surface area contributed by atoms with Gasteiger partial charge in [-0.3, -0.25) is 9.59 Å². The summed E-state index contributed by atoms with van der Waals surface area (Å²) in [5, 5.41) is 3.14. The minimum Gasteiger partial charge on any atom is -0.445 e. The van der Waals surface area contributed by atoms with E-state index in [0.29, 0.717) is 54.7 Å². The predicted octanol–water partition coefficient (Wildman–Crippen LogP) is 5.44. The van der Waals surface area contributed by atoms with Crippen molar-refractivity contribution >= 4 is 11.8 Å². The summed E-state index contributed by atoms with van der Waals surface area (Å²) in [7, 11) is 0. The number of oxazole rings is 1. The fourth-order valence-corrected chi connectivity index (χ4v) is 4.35. The number of nitrogens with zero attached hydrogens (tertiary/aromatic N) is 2. The Labute approximate surface area is 220 Å².